The third-order valence-corrected chi connectivity index (χ3v) is 6.08. The first-order valence-corrected chi connectivity index (χ1v) is 10.9. The van der Waals surface area contributed by atoms with Crippen LogP contribution in [0, 0.1) is 0 Å². The Morgan fingerprint density at radius 2 is 1.79 bits per heavy atom. The number of anilines is 2. The molecule has 29 heavy (non-hydrogen) atoms. The molecule has 1 aliphatic heterocycles. The van der Waals surface area contributed by atoms with E-state index in [0.717, 1.165) is 54.0 Å². The molecular weight excluding hydrogens is 380 g/mol. The highest BCUT2D eigenvalue weighted by Crippen LogP contribution is 2.28. The van der Waals surface area contributed by atoms with E-state index in [1.807, 2.05) is 36.7 Å². The van der Waals surface area contributed by atoms with Crippen LogP contribution in [0.25, 0.3) is 0 Å². The molecule has 1 N–H and O–H groups in total. The van der Waals surface area contributed by atoms with Crippen LogP contribution in [0.1, 0.15) is 18.4 Å². The van der Waals surface area contributed by atoms with E-state index in [0.29, 0.717) is 6.04 Å². The average molecular weight is 407 g/mol. The summed E-state index contributed by atoms with van der Waals surface area (Å²) >= 11 is 1.73. The molecule has 0 atom stereocenters. The number of para-hydroxylation sites is 2. The molecule has 5 nitrogen and oxygen atoms in total. The second-order valence-corrected chi connectivity index (χ2v) is 8.09. The van der Waals surface area contributed by atoms with Gasteiger partial charge in [0, 0.05) is 24.9 Å². The Hall–Kier alpha value is -2.73. The van der Waals surface area contributed by atoms with Gasteiger partial charge in [-0.2, -0.15) is 0 Å². The molecule has 0 aliphatic carbocycles. The van der Waals surface area contributed by atoms with Crippen molar-refractivity contribution >= 4 is 23.3 Å². The number of thioether (sulfide) groups is 1. The summed E-state index contributed by atoms with van der Waals surface area (Å²) in [6.07, 6.45) is 5.84. The van der Waals surface area contributed by atoms with Gasteiger partial charge < -0.3 is 15.0 Å². The molecule has 0 amide bonds. The molecule has 0 unspecified atom stereocenters. The Morgan fingerprint density at radius 3 is 2.59 bits per heavy atom. The zero-order chi connectivity index (χ0) is 19.9. The lowest BCUT2D eigenvalue weighted by molar-refractivity contribution is 0.415. The van der Waals surface area contributed by atoms with E-state index in [4.69, 9.17) is 9.72 Å². The van der Waals surface area contributed by atoms with Crippen LogP contribution in [0.3, 0.4) is 0 Å². The predicted molar refractivity (Wildman–Crippen MR) is 120 cm³/mol. The number of nitrogens with zero attached hydrogens (tertiary/aromatic N) is 3. The van der Waals surface area contributed by atoms with Crippen LogP contribution in [0.15, 0.2) is 72.0 Å². The average Bonchev–Trinajstić information content (AvgIpc) is 2.79. The van der Waals surface area contributed by atoms with Gasteiger partial charge in [0.1, 0.15) is 16.6 Å². The van der Waals surface area contributed by atoms with E-state index < -0.39 is 0 Å². The van der Waals surface area contributed by atoms with Crippen LogP contribution >= 0.6 is 11.8 Å². The van der Waals surface area contributed by atoms with Crippen molar-refractivity contribution in [2.45, 2.75) is 29.7 Å². The summed E-state index contributed by atoms with van der Waals surface area (Å²) in [5.41, 5.74) is 2.36. The van der Waals surface area contributed by atoms with Gasteiger partial charge in [-0.25, -0.2) is 4.98 Å². The lowest BCUT2D eigenvalue weighted by Crippen LogP contribution is -2.39. The monoisotopic (exact) mass is 406 g/mol. The summed E-state index contributed by atoms with van der Waals surface area (Å²) in [6.45, 7) is 1.93. The molecule has 1 fully saturated rings. The normalized spacial score (nSPS) is 14.6. The Kier molecular flexibility index (Phi) is 6.52. The summed E-state index contributed by atoms with van der Waals surface area (Å²) in [5.74, 6) is 2.77. The summed E-state index contributed by atoms with van der Waals surface area (Å²) < 4.78 is 5.45. The van der Waals surface area contributed by atoms with Crippen molar-refractivity contribution in [3.63, 3.8) is 0 Å². The molecule has 1 saturated heterocycles. The Morgan fingerprint density at radius 1 is 1.03 bits per heavy atom. The largest absolute Gasteiger partial charge is 0.495 e. The molecule has 1 aromatic heterocycles. The fraction of sp³-hybridized carbons (Fsp3) is 0.304. The fourth-order valence-electron chi connectivity index (χ4n) is 3.53. The summed E-state index contributed by atoms with van der Waals surface area (Å²) in [7, 11) is 1.71. The van der Waals surface area contributed by atoms with Crippen molar-refractivity contribution in [1.29, 1.82) is 0 Å². The zero-order valence-electron chi connectivity index (χ0n) is 16.6. The summed E-state index contributed by atoms with van der Waals surface area (Å²) in [5, 5.41) is 4.60. The van der Waals surface area contributed by atoms with E-state index >= 15 is 0 Å². The van der Waals surface area contributed by atoms with Crippen LogP contribution in [-0.2, 0) is 5.75 Å². The molecule has 2 heterocycles. The third-order valence-electron chi connectivity index (χ3n) is 5.11. The van der Waals surface area contributed by atoms with Gasteiger partial charge in [0.15, 0.2) is 0 Å². The summed E-state index contributed by atoms with van der Waals surface area (Å²) in [4.78, 5) is 11.6. The number of ether oxygens (including phenoxy) is 1. The van der Waals surface area contributed by atoms with E-state index in [1.165, 1.54) is 5.56 Å². The SMILES string of the molecule is COc1ccccc1NC1CCN(c2cncc(SCc3ccccc3)n2)CC1. The van der Waals surface area contributed by atoms with Crippen molar-refractivity contribution in [2.24, 2.45) is 0 Å². The molecule has 0 spiro atoms. The first-order chi connectivity index (χ1) is 14.3. The van der Waals surface area contributed by atoms with Gasteiger partial charge in [-0.1, -0.05) is 42.5 Å². The molecule has 3 aromatic rings. The fourth-order valence-corrected chi connectivity index (χ4v) is 4.33. The molecule has 6 heteroatoms. The van der Waals surface area contributed by atoms with Gasteiger partial charge in [-0.05, 0) is 30.5 Å². The van der Waals surface area contributed by atoms with Crippen LogP contribution in [0.2, 0.25) is 0 Å². The number of piperidine rings is 1. The highest BCUT2D eigenvalue weighted by atomic mass is 32.2. The number of hydrogen-bond acceptors (Lipinski definition) is 6. The first kappa shape index (κ1) is 19.6. The zero-order valence-corrected chi connectivity index (χ0v) is 17.4. The smallest absolute Gasteiger partial charge is 0.148 e. The lowest BCUT2D eigenvalue weighted by Gasteiger charge is -2.33. The van der Waals surface area contributed by atoms with Gasteiger partial charge in [0.05, 0.1) is 25.2 Å². The second-order valence-electron chi connectivity index (χ2n) is 7.10. The van der Waals surface area contributed by atoms with Crippen LogP contribution in [0.4, 0.5) is 11.5 Å². The van der Waals surface area contributed by atoms with Crippen molar-refractivity contribution < 1.29 is 4.74 Å². The van der Waals surface area contributed by atoms with Crippen LogP contribution in [0.5, 0.6) is 5.75 Å². The number of nitrogens with one attached hydrogen (secondary N) is 1. The van der Waals surface area contributed by atoms with Gasteiger partial charge in [0.2, 0.25) is 0 Å². The van der Waals surface area contributed by atoms with Crippen molar-refractivity contribution in [2.75, 3.05) is 30.4 Å². The maximum atomic E-state index is 5.45. The maximum absolute atomic E-state index is 5.45. The van der Waals surface area contributed by atoms with E-state index in [2.05, 4.69) is 45.5 Å². The number of hydrogen-bond donors (Lipinski definition) is 1. The summed E-state index contributed by atoms with van der Waals surface area (Å²) in [6, 6.07) is 19.0. The van der Waals surface area contributed by atoms with Gasteiger partial charge in [-0.15, -0.1) is 11.8 Å². The first-order valence-electron chi connectivity index (χ1n) is 9.95. The van der Waals surface area contributed by atoms with Gasteiger partial charge in [-0.3, -0.25) is 4.98 Å². The van der Waals surface area contributed by atoms with E-state index in [1.54, 1.807) is 18.9 Å². The Bertz CT molecular complexity index is 914. The molecule has 4 rings (SSSR count). The second kappa shape index (κ2) is 9.65. The van der Waals surface area contributed by atoms with Crippen molar-refractivity contribution in [3.05, 3.63) is 72.6 Å². The molecule has 0 saturated carbocycles. The molecule has 2 aromatic carbocycles. The Balaban J connectivity index is 1.32. The minimum absolute atomic E-state index is 0.436. The number of aromatic nitrogens is 2. The number of methoxy groups -OCH3 is 1. The predicted octanol–water partition coefficient (Wildman–Crippen LogP) is 4.86. The topological polar surface area (TPSA) is 50.3 Å². The quantitative estimate of drug-likeness (QED) is 0.566. The van der Waals surface area contributed by atoms with Crippen LogP contribution in [-0.4, -0.2) is 36.2 Å². The standard InChI is InChI=1S/C23H26N4OS/c1-28-21-10-6-5-9-20(21)25-19-11-13-27(14-12-19)22-15-24-16-23(26-22)29-17-18-7-3-2-4-8-18/h2-10,15-16,19,25H,11-14,17H2,1H3. The van der Waals surface area contributed by atoms with Gasteiger partial charge >= 0.3 is 0 Å². The third kappa shape index (κ3) is 5.21. The van der Waals surface area contributed by atoms with Gasteiger partial charge in [0.25, 0.3) is 0 Å². The lowest BCUT2D eigenvalue weighted by atomic mass is 10.0. The minimum Gasteiger partial charge on any atom is -0.495 e. The number of rotatable bonds is 7. The minimum atomic E-state index is 0.436. The highest BCUT2D eigenvalue weighted by Gasteiger charge is 2.21. The van der Waals surface area contributed by atoms with E-state index in [-0.39, 0.29) is 0 Å². The van der Waals surface area contributed by atoms with E-state index in [9.17, 15) is 0 Å². The molecule has 0 radical (unpaired) electrons. The Labute approximate surface area is 176 Å². The number of benzene rings is 2. The molecule has 150 valence electrons. The van der Waals surface area contributed by atoms with Crippen LogP contribution < -0.4 is 15.0 Å². The molecule has 0 bridgehead atoms. The molecular formula is C23H26N4OS. The van der Waals surface area contributed by atoms with Crippen molar-refractivity contribution in [3.8, 4) is 5.75 Å². The highest BCUT2D eigenvalue weighted by molar-refractivity contribution is 7.98. The molecule has 1 aliphatic rings. The maximum Gasteiger partial charge on any atom is 0.148 e. The van der Waals surface area contributed by atoms with Crippen molar-refractivity contribution in [1.82, 2.24) is 9.97 Å².